The van der Waals surface area contributed by atoms with Crippen LogP contribution in [0, 0.1) is 0 Å². The molecule has 4 nitrogen and oxygen atoms in total. The number of ether oxygens (including phenoxy) is 3. The van der Waals surface area contributed by atoms with Crippen LogP contribution in [-0.4, -0.2) is 32.2 Å². The van der Waals surface area contributed by atoms with Gasteiger partial charge in [0.2, 0.25) is 0 Å². The van der Waals surface area contributed by atoms with Crippen LogP contribution in [0.15, 0.2) is 18.2 Å². The lowest BCUT2D eigenvalue weighted by molar-refractivity contribution is 0.0655. The van der Waals surface area contributed by atoms with E-state index in [-0.39, 0.29) is 5.78 Å². The summed E-state index contributed by atoms with van der Waals surface area (Å²) in [6.07, 6.45) is 0.409. The Morgan fingerprint density at radius 1 is 1.29 bits per heavy atom. The summed E-state index contributed by atoms with van der Waals surface area (Å²) in [5, 5.41) is 0. The van der Waals surface area contributed by atoms with Gasteiger partial charge in [-0.15, -0.1) is 0 Å². The van der Waals surface area contributed by atoms with Crippen molar-refractivity contribution >= 4 is 5.78 Å². The van der Waals surface area contributed by atoms with E-state index >= 15 is 0 Å². The second-order valence-corrected chi connectivity index (χ2v) is 3.95. The van der Waals surface area contributed by atoms with Crippen LogP contribution >= 0.6 is 0 Å². The highest BCUT2D eigenvalue weighted by Crippen LogP contribution is 2.30. The molecule has 0 N–H and O–H groups in total. The second kappa shape index (κ2) is 5.19. The third-order valence-electron chi connectivity index (χ3n) is 2.75. The van der Waals surface area contributed by atoms with E-state index in [1.54, 1.807) is 25.1 Å². The molecule has 17 heavy (non-hydrogen) atoms. The maximum Gasteiger partial charge on any atom is 0.191 e. The molecule has 1 atom stereocenters. The summed E-state index contributed by atoms with van der Waals surface area (Å²) in [7, 11) is 1.52. The Morgan fingerprint density at radius 3 is 2.71 bits per heavy atom. The molecule has 0 radical (unpaired) electrons. The van der Waals surface area contributed by atoms with Crippen LogP contribution < -0.4 is 9.47 Å². The van der Waals surface area contributed by atoms with E-state index in [2.05, 4.69) is 0 Å². The highest BCUT2D eigenvalue weighted by Gasteiger charge is 2.18. The van der Waals surface area contributed by atoms with Crippen LogP contribution in [0.1, 0.15) is 23.7 Å². The van der Waals surface area contributed by atoms with Gasteiger partial charge in [-0.25, -0.2) is 0 Å². The van der Waals surface area contributed by atoms with Gasteiger partial charge < -0.3 is 14.2 Å². The van der Waals surface area contributed by atoms with E-state index in [0.717, 1.165) is 6.42 Å². The molecular formula is C13H16O4. The zero-order valence-electron chi connectivity index (χ0n) is 10.1. The molecule has 2 rings (SSSR count). The minimum absolute atomic E-state index is 0.0526. The number of carbonyl (C=O) groups is 1. The third kappa shape index (κ3) is 2.58. The van der Waals surface area contributed by atoms with E-state index in [4.69, 9.17) is 14.2 Å². The lowest BCUT2D eigenvalue weighted by atomic mass is 10.1. The summed E-state index contributed by atoms with van der Waals surface area (Å²) < 4.78 is 16.1. The van der Waals surface area contributed by atoms with Gasteiger partial charge >= 0.3 is 0 Å². The number of fused-ring (bicyclic) bond motifs is 1. The summed E-state index contributed by atoms with van der Waals surface area (Å²) in [6.45, 7) is 2.99. The first kappa shape index (κ1) is 11.9. The predicted molar refractivity (Wildman–Crippen MR) is 62.9 cm³/mol. The predicted octanol–water partition coefficient (Wildman–Crippen LogP) is 2.07. The first-order valence-electron chi connectivity index (χ1n) is 5.69. The average molecular weight is 236 g/mol. The first-order chi connectivity index (χ1) is 8.22. The largest absolute Gasteiger partial charge is 0.490 e. The second-order valence-electron chi connectivity index (χ2n) is 3.95. The van der Waals surface area contributed by atoms with Gasteiger partial charge in [-0.2, -0.15) is 0 Å². The maximum atomic E-state index is 11.9. The number of rotatable bonds is 3. The van der Waals surface area contributed by atoms with Crippen LogP contribution in [0.4, 0.5) is 0 Å². The molecule has 0 saturated carbocycles. The molecular weight excluding hydrogens is 220 g/mol. The highest BCUT2D eigenvalue weighted by atomic mass is 16.5. The van der Waals surface area contributed by atoms with Gasteiger partial charge in [-0.1, -0.05) is 0 Å². The Balaban J connectivity index is 2.26. The minimum Gasteiger partial charge on any atom is -0.490 e. The number of ketones is 1. The summed E-state index contributed by atoms with van der Waals surface area (Å²) in [5.74, 6) is 1.28. The number of carbonyl (C=O) groups excluding carboxylic acids is 1. The molecule has 0 spiro atoms. The Morgan fingerprint density at radius 2 is 2.00 bits per heavy atom. The van der Waals surface area contributed by atoms with E-state index < -0.39 is 6.10 Å². The number of methoxy groups -OCH3 is 1. The van der Waals surface area contributed by atoms with Crippen molar-refractivity contribution in [2.75, 3.05) is 20.3 Å². The van der Waals surface area contributed by atoms with Gasteiger partial charge in [0.25, 0.3) is 0 Å². The molecule has 0 fully saturated rings. The molecule has 1 aliphatic rings. The Hall–Kier alpha value is -1.55. The quantitative estimate of drug-likeness (QED) is 0.753. The Bertz CT molecular complexity index is 414. The van der Waals surface area contributed by atoms with Crippen LogP contribution in [0.2, 0.25) is 0 Å². The van der Waals surface area contributed by atoms with Crippen molar-refractivity contribution in [3.8, 4) is 11.5 Å². The van der Waals surface area contributed by atoms with Gasteiger partial charge in [0, 0.05) is 19.1 Å². The topological polar surface area (TPSA) is 44.8 Å². The molecule has 4 heteroatoms. The zero-order chi connectivity index (χ0) is 12.3. The molecule has 0 aromatic heterocycles. The minimum atomic E-state index is -0.445. The number of hydrogen-bond acceptors (Lipinski definition) is 4. The normalized spacial score (nSPS) is 16.1. The molecule has 92 valence electrons. The van der Waals surface area contributed by atoms with Crippen molar-refractivity contribution < 1.29 is 19.0 Å². The fraction of sp³-hybridized carbons (Fsp3) is 0.462. The van der Waals surface area contributed by atoms with Crippen LogP contribution in [0.5, 0.6) is 11.5 Å². The van der Waals surface area contributed by atoms with Gasteiger partial charge in [-0.05, 0) is 25.1 Å². The van der Waals surface area contributed by atoms with Gasteiger partial charge in [0.05, 0.1) is 13.2 Å². The highest BCUT2D eigenvalue weighted by molar-refractivity contribution is 5.99. The van der Waals surface area contributed by atoms with Crippen molar-refractivity contribution in [1.82, 2.24) is 0 Å². The molecule has 1 aromatic rings. The molecule has 0 aliphatic carbocycles. The van der Waals surface area contributed by atoms with Crippen molar-refractivity contribution in [3.05, 3.63) is 23.8 Å². The van der Waals surface area contributed by atoms with Crippen molar-refractivity contribution in [3.63, 3.8) is 0 Å². The number of Topliss-reactive ketones (excluding diaryl/α,β-unsaturated/α-hetero) is 1. The molecule has 1 aromatic carbocycles. The fourth-order valence-corrected chi connectivity index (χ4v) is 1.66. The van der Waals surface area contributed by atoms with Gasteiger partial charge in [0.1, 0.15) is 6.10 Å². The first-order valence-corrected chi connectivity index (χ1v) is 5.69. The smallest absolute Gasteiger partial charge is 0.191 e. The fourth-order valence-electron chi connectivity index (χ4n) is 1.66. The monoisotopic (exact) mass is 236 g/mol. The average Bonchev–Trinajstić information content (AvgIpc) is 2.61. The summed E-state index contributed by atoms with van der Waals surface area (Å²) in [4.78, 5) is 11.9. The SMILES string of the molecule is COC(C)C(=O)c1ccc2c(c1)OCCCO2. The zero-order valence-corrected chi connectivity index (χ0v) is 10.1. The van der Waals surface area contributed by atoms with Crippen molar-refractivity contribution in [1.29, 1.82) is 0 Å². The van der Waals surface area contributed by atoms with Crippen LogP contribution in [0.3, 0.4) is 0 Å². The summed E-state index contributed by atoms with van der Waals surface area (Å²) >= 11 is 0. The third-order valence-corrected chi connectivity index (χ3v) is 2.75. The van der Waals surface area contributed by atoms with Crippen molar-refractivity contribution in [2.24, 2.45) is 0 Å². The lowest BCUT2D eigenvalue weighted by Crippen LogP contribution is -2.19. The number of benzene rings is 1. The number of hydrogen-bond donors (Lipinski definition) is 0. The Labute approximate surface area is 100 Å². The summed E-state index contributed by atoms with van der Waals surface area (Å²) in [6, 6.07) is 5.24. The van der Waals surface area contributed by atoms with Crippen LogP contribution in [0.25, 0.3) is 0 Å². The summed E-state index contributed by atoms with van der Waals surface area (Å²) in [5.41, 5.74) is 0.587. The standard InChI is InChI=1S/C13H16O4/c1-9(15-2)13(14)10-4-5-11-12(8-10)17-7-3-6-16-11/h4-5,8-9H,3,6-7H2,1-2H3. The van der Waals surface area contributed by atoms with Crippen molar-refractivity contribution in [2.45, 2.75) is 19.4 Å². The maximum absolute atomic E-state index is 11.9. The lowest BCUT2D eigenvalue weighted by Gasteiger charge is -2.11. The van der Waals surface area contributed by atoms with E-state index in [9.17, 15) is 4.79 Å². The Kier molecular flexibility index (Phi) is 3.64. The van der Waals surface area contributed by atoms with E-state index in [1.165, 1.54) is 7.11 Å². The van der Waals surface area contributed by atoms with Crippen LogP contribution in [-0.2, 0) is 4.74 Å². The van der Waals surface area contributed by atoms with E-state index in [0.29, 0.717) is 30.3 Å². The molecule has 0 saturated heterocycles. The molecule has 0 amide bonds. The van der Waals surface area contributed by atoms with Gasteiger partial charge in [-0.3, -0.25) is 4.79 Å². The van der Waals surface area contributed by atoms with Gasteiger partial charge in [0.15, 0.2) is 17.3 Å². The molecule has 1 heterocycles. The molecule has 1 unspecified atom stereocenters. The molecule has 0 bridgehead atoms. The molecule has 1 aliphatic heterocycles. The van der Waals surface area contributed by atoms with E-state index in [1.807, 2.05) is 0 Å².